The number of hydrogen-bond acceptors (Lipinski definition) is 4. The van der Waals surface area contributed by atoms with E-state index >= 15 is 0 Å². The van der Waals surface area contributed by atoms with Crippen LogP contribution in [0, 0.1) is 11.3 Å². The van der Waals surface area contributed by atoms with Gasteiger partial charge < -0.3 is 5.11 Å². The molecular weight excluding hydrogens is 230 g/mol. The molecule has 16 heavy (non-hydrogen) atoms. The molecule has 7 heteroatoms. The van der Waals surface area contributed by atoms with Gasteiger partial charge in [0.15, 0.2) is 0 Å². The van der Waals surface area contributed by atoms with E-state index in [1.54, 1.807) is 0 Å². The van der Waals surface area contributed by atoms with Gasteiger partial charge in [-0.2, -0.15) is 13.7 Å². The number of nitriles is 1. The minimum Gasteiger partial charge on any atom is -0.493 e. The van der Waals surface area contributed by atoms with Crippen molar-refractivity contribution in [1.29, 1.82) is 5.26 Å². The summed E-state index contributed by atoms with van der Waals surface area (Å²) in [6.45, 7) is 0. The molecule has 6 nitrogen and oxygen atoms in total. The summed E-state index contributed by atoms with van der Waals surface area (Å²) in [4.78, 5) is 0. The third-order valence-corrected chi connectivity index (χ3v) is 3.28. The van der Waals surface area contributed by atoms with Crippen LogP contribution in [0.2, 0.25) is 0 Å². The monoisotopic (exact) mass is 237 g/mol. The maximum absolute atomic E-state index is 11.5. The molecule has 1 heterocycles. The van der Waals surface area contributed by atoms with Gasteiger partial charge in [-0.1, -0.05) is 0 Å². The SMILES string of the molecule is N#Cc1ccc(N2C=C(O)NS2(=O)=O)cc1. The number of benzene rings is 1. The van der Waals surface area contributed by atoms with Crippen molar-refractivity contribution in [1.82, 2.24) is 4.72 Å². The summed E-state index contributed by atoms with van der Waals surface area (Å²) in [5.41, 5.74) is 0.775. The molecule has 0 aromatic heterocycles. The lowest BCUT2D eigenvalue weighted by Gasteiger charge is -2.13. The average Bonchev–Trinajstić information content (AvgIpc) is 2.52. The van der Waals surface area contributed by atoms with Crippen LogP contribution in [-0.2, 0) is 10.2 Å². The molecule has 0 saturated carbocycles. The standard InChI is InChI=1S/C9H7N3O3S/c10-5-7-1-3-8(4-2-7)12-6-9(13)11-16(12,14)15/h1-4,6,11,13H. The third-order valence-electron chi connectivity index (χ3n) is 1.98. The Labute approximate surface area is 92.2 Å². The molecule has 0 radical (unpaired) electrons. The molecule has 1 aliphatic rings. The first-order valence-corrected chi connectivity index (χ1v) is 5.70. The lowest BCUT2D eigenvalue weighted by atomic mass is 10.2. The molecule has 1 aliphatic heterocycles. The molecule has 0 fully saturated rings. The van der Waals surface area contributed by atoms with Crippen LogP contribution in [0.25, 0.3) is 0 Å². The molecule has 0 amide bonds. The minimum absolute atomic E-state index is 0.343. The Morgan fingerprint density at radius 1 is 1.31 bits per heavy atom. The van der Waals surface area contributed by atoms with Gasteiger partial charge in [0, 0.05) is 0 Å². The first kappa shape index (κ1) is 10.3. The van der Waals surface area contributed by atoms with E-state index in [-0.39, 0.29) is 0 Å². The Bertz CT molecular complexity index is 583. The number of aliphatic hydroxyl groups excluding tert-OH is 1. The second kappa shape index (κ2) is 3.43. The second-order valence-electron chi connectivity index (χ2n) is 3.08. The van der Waals surface area contributed by atoms with E-state index in [2.05, 4.69) is 0 Å². The Hall–Kier alpha value is -2.20. The van der Waals surface area contributed by atoms with Crippen molar-refractivity contribution in [2.75, 3.05) is 4.31 Å². The van der Waals surface area contributed by atoms with E-state index in [0.29, 0.717) is 11.3 Å². The summed E-state index contributed by atoms with van der Waals surface area (Å²) < 4.78 is 25.7. The predicted octanol–water partition coefficient (Wildman–Crippen LogP) is 0.570. The van der Waals surface area contributed by atoms with Crippen molar-refractivity contribution < 1.29 is 13.5 Å². The van der Waals surface area contributed by atoms with Crippen molar-refractivity contribution >= 4 is 15.9 Å². The van der Waals surface area contributed by atoms with Crippen molar-refractivity contribution in [2.45, 2.75) is 0 Å². The first-order valence-electron chi connectivity index (χ1n) is 4.26. The van der Waals surface area contributed by atoms with Crippen molar-refractivity contribution in [3.05, 3.63) is 41.9 Å². The van der Waals surface area contributed by atoms with Gasteiger partial charge in [0.25, 0.3) is 0 Å². The van der Waals surface area contributed by atoms with E-state index < -0.39 is 16.1 Å². The molecular formula is C9H7N3O3S. The molecule has 2 rings (SSSR count). The van der Waals surface area contributed by atoms with Crippen LogP contribution in [0.5, 0.6) is 0 Å². The fourth-order valence-electron chi connectivity index (χ4n) is 1.28. The van der Waals surface area contributed by atoms with Gasteiger partial charge in [-0.15, -0.1) is 0 Å². The van der Waals surface area contributed by atoms with Crippen molar-refractivity contribution in [2.24, 2.45) is 0 Å². The van der Waals surface area contributed by atoms with Crippen LogP contribution < -0.4 is 9.03 Å². The summed E-state index contributed by atoms with van der Waals surface area (Å²) in [6.07, 6.45) is 1.05. The molecule has 0 unspecified atom stereocenters. The van der Waals surface area contributed by atoms with E-state index in [1.165, 1.54) is 24.3 Å². The Kier molecular flexibility index (Phi) is 2.21. The Morgan fingerprint density at radius 2 is 1.94 bits per heavy atom. The maximum Gasteiger partial charge on any atom is 0.330 e. The maximum atomic E-state index is 11.5. The van der Waals surface area contributed by atoms with Crippen LogP contribution in [0.3, 0.4) is 0 Å². The Morgan fingerprint density at radius 3 is 2.38 bits per heavy atom. The summed E-state index contributed by atoms with van der Waals surface area (Å²) in [5.74, 6) is -0.440. The van der Waals surface area contributed by atoms with Crippen LogP contribution >= 0.6 is 0 Å². The molecule has 0 spiro atoms. The summed E-state index contributed by atoms with van der Waals surface area (Å²) in [5, 5.41) is 17.7. The van der Waals surface area contributed by atoms with Crippen LogP contribution in [0.1, 0.15) is 5.56 Å². The van der Waals surface area contributed by atoms with Gasteiger partial charge in [-0.3, -0.25) is 0 Å². The zero-order valence-corrected chi connectivity index (χ0v) is 8.77. The largest absolute Gasteiger partial charge is 0.493 e. The normalized spacial score (nSPS) is 17.4. The van der Waals surface area contributed by atoms with Crippen molar-refractivity contribution in [3.8, 4) is 6.07 Å². The quantitative estimate of drug-likeness (QED) is 0.746. The first-order chi connectivity index (χ1) is 7.53. The number of nitrogens with one attached hydrogen (secondary N) is 1. The highest BCUT2D eigenvalue weighted by molar-refractivity contribution is 7.91. The predicted molar refractivity (Wildman–Crippen MR) is 56.4 cm³/mol. The fourth-order valence-corrected chi connectivity index (χ4v) is 2.34. The highest BCUT2D eigenvalue weighted by Gasteiger charge is 2.28. The van der Waals surface area contributed by atoms with Gasteiger partial charge in [-0.05, 0) is 24.3 Å². The molecule has 0 aliphatic carbocycles. The smallest absolute Gasteiger partial charge is 0.330 e. The minimum atomic E-state index is -3.75. The van der Waals surface area contributed by atoms with E-state index in [4.69, 9.17) is 10.4 Å². The lowest BCUT2D eigenvalue weighted by molar-refractivity contribution is 0.392. The van der Waals surface area contributed by atoms with E-state index in [9.17, 15) is 8.42 Å². The zero-order valence-electron chi connectivity index (χ0n) is 7.95. The van der Waals surface area contributed by atoms with Crippen LogP contribution in [0.4, 0.5) is 5.69 Å². The molecule has 1 aromatic rings. The van der Waals surface area contributed by atoms with Gasteiger partial charge in [0.1, 0.15) is 0 Å². The topological polar surface area (TPSA) is 93.4 Å². The molecule has 0 bridgehead atoms. The van der Waals surface area contributed by atoms with Gasteiger partial charge in [-0.25, -0.2) is 9.03 Å². The highest BCUT2D eigenvalue weighted by atomic mass is 32.2. The van der Waals surface area contributed by atoms with E-state index in [1.807, 2.05) is 10.8 Å². The number of rotatable bonds is 1. The molecule has 0 atom stereocenters. The molecule has 0 saturated heterocycles. The third kappa shape index (κ3) is 1.66. The number of aliphatic hydroxyl groups is 1. The summed E-state index contributed by atoms with van der Waals surface area (Å²) in [6, 6.07) is 7.87. The molecule has 2 N–H and O–H groups in total. The highest BCUT2D eigenvalue weighted by Crippen LogP contribution is 2.22. The average molecular weight is 237 g/mol. The van der Waals surface area contributed by atoms with Gasteiger partial charge >= 0.3 is 10.2 Å². The fraction of sp³-hybridized carbons (Fsp3) is 0. The van der Waals surface area contributed by atoms with Crippen molar-refractivity contribution in [3.63, 3.8) is 0 Å². The second-order valence-corrected chi connectivity index (χ2v) is 4.62. The van der Waals surface area contributed by atoms with Crippen LogP contribution in [-0.4, -0.2) is 13.5 Å². The summed E-state index contributed by atoms with van der Waals surface area (Å²) in [7, 11) is -3.75. The number of anilines is 1. The van der Waals surface area contributed by atoms with Gasteiger partial charge in [0.2, 0.25) is 5.88 Å². The number of nitrogens with zero attached hydrogens (tertiary/aromatic N) is 2. The van der Waals surface area contributed by atoms with Crippen LogP contribution in [0.15, 0.2) is 36.3 Å². The lowest BCUT2D eigenvalue weighted by Crippen LogP contribution is -2.29. The number of hydrogen-bond donors (Lipinski definition) is 2. The van der Waals surface area contributed by atoms with E-state index in [0.717, 1.165) is 10.5 Å². The molecule has 1 aromatic carbocycles. The van der Waals surface area contributed by atoms with Gasteiger partial charge in [0.05, 0.1) is 23.5 Å². The Balaban J connectivity index is 2.42. The molecule has 82 valence electrons. The zero-order chi connectivity index (χ0) is 11.8. The summed E-state index contributed by atoms with van der Waals surface area (Å²) >= 11 is 0.